The van der Waals surface area contributed by atoms with Gasteiger partial charge in [0.1, 0.15) is 5.82 Å². The topological polar surface area (TPSA) is 125 Å². The molecule has 0 saturated carbocycles. The molecule has 0 unspecified atom stereocenters. The van der Waals surface area contributed by atoms with Crippen LogP contribution in [0.1, 0.15) is 33.6 Å². The Balaban J connectivity index is 1.55. The fourth-order valence-electron chi connectivity index (χ4n) is 4.03. The van der Waals surface area contributed by atoms with E-state index < -0.39 is 11.6 Å². The SMILES string of the molecule is CCOc1nccc2c(Nc3c(Cl)cc(-c4noc(C(C)(C)OC(C)=O)n4)cc3Cl)nc3ccncc3c12. The number of hydrogen-bond donors (Lipinski definition) is 1. The zero-order chi connectivity index (χ0) is 27.0. The van der Waals surface area contributed by atoms with Crippen LogP contribution in [-0.4, -0.2) is 37.7 Å². The van der Waals surface area contributed by atoms with Crippen molar-refractivity contribution in [2.45, 2.75) is 33.3 Å². The summed E-state index contributed by atoms with van der Waals surface area (Å²) in [6.07, 6.45) is 5.05. The average Bonchev–Trinajstić information content (AvgIpc) is 3.37. The molecule has 0 fully saturated rings. The Morgan fingerprint density at radius 3 is 2.58 bits per heavy atom. The van der Waals surface area contributed by atoms with E-state index in [-0.39, 0.29) is 11.7 Å². The maximum Gasteiger partial charge on any atom is 0.303 e. The Bertz CT molecular complexity index is 1660. The minimum Gasteiger partial charge on any atom is -0.478 e. The number of aromatic nitrogens is 5. The highest BCUT2D eigenvalue weighted by Crippen LogP contribution is 2.40. The van der Waals surface area contributed by atoms with Gasteiger partial charge in [-0.1, -0.05) is 28.4 Å². The standard InChI is InChI=1S/C26H22Cl2N6O4/c1-5-36-24-20-15(6-9-30-24)23(31-19-7-8-29-12-16(19)20)32-21-17(27)10-14(11-18(21)28)22-33-25(38-34-22)26(3,4)37-13(2)35/h6-12H,5H2,1-4H3,(H,31,32). The van der Waals surface area contributed by atoms with Crippen LogP contribution in [0, 0.1) is 0 Å². The number of benzene rings is 1. The van der Waals surface area contributed by atoms with E-state index in [1.165, 1.54) is 6.92 Å². The number of fused-ring (bicyclic) bond motifs is 3. The van der Waals surface area contributed by atoms with Gasteiger partial charge in [0.25, 0.3) is 5.89 Å². The van der Waals surface area contributed by atoms with E-state index >= 15 is 0 Å². The van der Waals surface area contributed by atoms with Crippen LogP contribution in [-0.2, 0) is 15.1 Å². The summed E-state index contributed by atoms with van der Waals surface area (Å²) in [7, 11) is 0. The number of nitrogens with zero attached hydrogens (tertiary/aromatic N) is 5. The van der Waals surface area contributed by atoms with Crippen molar-refractivity contribution in [3.8, 4) is 17.3 Å². The largest absolute Gasteiger partial charge is 0.478 e. The minimum atomic E-state index is -1.10. The third-order valence-electron chi connectivity index (χ3n) is 5.64. The monoisotopic (exact) mass is 552 g/mol. The molecule has 12 heteroatoms. The highest BCUT2D eigenvalue weighted by atomic mass is 35.5. The van der Waals surface area contributed by atoms with Crippen molar-refractivity contribution >= 4 is 62.4 Å². The number of anilines is 2. The lowest BCUT2D eigenvalue weighted by atomic mass is 10.1. The lowest BCUT2D eigenvalue weighted by molar-refractivity contribution is -0.157. The fraction of sp³-hybridized carbons (Fsp3) is 0.231. The highest BCUT2D eigenvalue weighted by Gasteiger charge is 2.31. The third-order valence-corrected chi connectivity index (χ3v) is 6.23. The van der Waals surface area contributed by atoms with Crippen LogP contribution >= 0.6 is 23.2 Å². The molecule has 0 aliphatic rings. The van der Waals surface area contributed by atoms with Gasteiger partial charge in [0.05, 0.1) is 33.2 Å². The number of pyridine rings is 3. The molecule has 0 bridgehead atoms. The smallest absolute Gasteiger partial charge is 0.303 e. The Hall–Kier alpha value is -4.02. The first kappa shape index (κ1) is 25.6. The van der Waals surface area contributed by atoms with E-state index in [2.05, 4.69) is 25.4 Å². The van der Waals surface area contributed by atoms with Gasteiger partial charge in [0.2, 0.25) is 11.7 Å². The van der Waals surface area contributed by atoms with Gasteiger partial charge in [-0.25, -0.2) is 9.97 Å². The molecule has 0 atom stereocenters. The summed E-state index contributed by atoms with van der Waals surface area (Å²) < 4.78 is 16.4. The summed E-state index contributed by atoms with van der Waals surface area (Å²) in [5.41, 5.74) is 0.560. The molecule has 0 saturated heterocycles. The number of hydrogen-bond acceptors (Lipinski definition) is 10. The second-order valence-corrected chi connectivity index (χ2v) is 9.61. The molecule has 0 aliphatic carbocycles. The molecule has 5 aromatic rings. The first-order valence-corrected chi connectivity index (χ1v) is 12.4. The van der Waals surface area contributed by atoms with Crippen LogP contribution in [0.2, 0.25) is 10.0 Å². The molecule has 194 valence electrons. The Labute approximate surface area is 227 Å². The molecule has 0 radical (unpaired) electrons. The Morgan fingerprint density at radius 1 is 1.11 bits per heavy atom. The van der Waals surface area contributed by atoms with Crippen LogP contribution in [0.25, 0.3) is 33.1 Å². The van der Waals surface area contributed by atoms with Crippen LogP contribution < -0.4 is 10.1 Å². The number of carbonyl (C=O) groups excluding carboxylic acids is 1. The van der Waals surface area contributed by atoms with Gasteiger partial charge in [-0.2, -0.15) is 4.98 Å². The quantitative estimate of drug-likeness (QED) is 0.177. The predicted octanol–water partition coefficient (Wildman–Crippen LogP) is 6.48. The van der Waals surface area contributed by atoms with Gasteiger partial charge < -0.3 is 19.3 Å². The van der Waals surface area contributed by atoms with Crippen molar-refractivity contribution in [2.75, 3.05) is 11.9 Å². The number of halogens is 2. The van der Waals surface area contributed by atoms with Gasteiger partial charge in [-0.3, -0.25) is 9.78 Å². The lowest BCUT2D eigenvalue weighted by Crippen LogP contribution is -2.24. The molecule has 4 heterocycles. The molecular weight excluding hydrogens is 531 g/mol. The molecule has 1 N–H and O–H groups in total. The molecule has 10 nitrogen and oxygen atoms in total. The molecule has 5 rings (SSSR count). The van der Waals surface area contributed by atoms with Gasteiger partial charge in [0.15, 0.2) is 5.60 Å². The van der Waals surface area contributed by atoms with E-state index in [0.29, 0.717) is 45.1 Å². The second kappa shape index (κ2) is 10.0. The van der Waals surface area contributed by atoms with Crippen molar-refractivity contribution in [1.82, 2.24) is 25.1 Å². The highest BCUT2D eigenvalue weighted by molar-refractivity contribution is 6.39. The number of ether oxygens (including phenoxy) is 2. The number of esters is 1. The summed E-state index contributed by atoms with van der Waals surface area (Å²) in [6, 6.07) is 6.95. The first-order chi connectivity index (χ1) is 18.2. The third kappa shape index (κ3) is 4.80. The lowest BCUT2D eigenvalue weighted by Gasteiger charge is -2.19. The number of carbonyl (C=O) groups is 1. The van der Waals surface area contributed by atoms with Crippen LogP contribution in [0.3, 0.4) is 0 Å². The predicted molar refractivity (Wildman–Crippen MR) is 144 cm³/mol. The zero-order valence-corrected chi connectivity index (χ0v) is 22.4. The van der Waals surface area contributed by atoms with Gasteiger partial charge in [-0.05, 0) is 45.0 Å². The summed E-state index contributed by atoms with van der Waals surface area (Å²) in [5, 5.41) is 10.2. The number of nitrogens with one attached hydrogen (secondary N) is 1. The second-order valence-electron chi connectivity index (χ2n) is 8.79. The van der Waals surface area contributed by atoms with Gasteiger partial charge >= 0.3 is 5.97 Å². The molecule has 0 aliphatic heterocycles. The fourth-order valence-corrected chi connectivity index (χ4v) is 4.61. The van der Waals surface area contributed by atoms with E-state index in [1.807, 2.05) is 13.0 Å². The van der Waals surface area contributed by atoms with Crippen molar-refractivity contribution in [2.24, 2.45) is 0 Å². The van der Waals surface area contributed by atoms with Crippen LogP contribution in [0.4, 0.5) is 11.5 Å². The first-order valence-electron chi connectivity index (χ1n) is 11.6. The van der Waals surface area contributed by atoms with Gasteiger partial charge in [0, 0.05) is 41.9 Å². The van der Waals surface area contributed by atoms with Gasteiger partial charge in [-0.15, -0.1) is 0 Å². The number of rotatable bonds is 7. The van der Waals surface area contributed by atoms with E-state index in [1.54, 1.807) is 50.6 Å². The normalized spacial score (nSPS) is 11.6. The maximum absolute atomic E-state index is 11.4. The zero-order valence-electron chi connectivity index (χ0n) is 20.9. The minimum absolute atomic E-state index is 0.136. The average molecular weight is 553 g/mol. The van der Waals surface area contributed by atoms with E-state index in [9.17, 15) is 4.79 Å². The molecule has 0 amide bonds. The van der Waals surface area contributed by atoms with Crippen molar-refractivity contribution in [3.05, 3.63) is 58.8 Å². The molecule has 38 heavy (non-hydrogen) atoms. The van der Waals surface area contributed by atoms with Crippen molar-refractivity contribution in [1.29, 1.82) is 0 Å². The summed E-state index contributed by atoms with van der Waals surface area (Å²) in [5.74, 6) is 0.905. The van der Waals surface area contributed by atoms with Crippen LogP contribution in [0.15, 0.2) is 47.4 Å². The summed E-state index contributed by atoms with van der Waals surface area (Å²) in [4.78, 5) is 29.2. The summed E-state index contributed by atoms with van der Waals surface area (Å²) >= 11 is 13.3. The summed E-state index contributed by atoms with van der Waals surface area (Å²) in [6.45, 7) is 6.97. The molecule has 1 aromatic carbocycles. The molecular formula is C26H22Cl2N6O4. The molecule has 4 aromatic heterocycles. The van der Waals surface area contributed by atoms with Crippen molar-refractivity contribution < 1.29 is 18.8 Å². The Kier molecular flexibility index (Phi) is 6.77. The van der Waals surface area contributed by atoms with E-state index in [0.717, 1.165) is 16.2 Å². The van der Waals surface area contributed by atoms with Crippen LogP contribution in [0.5, 0.6) is 5.88 Å². The molecule has 0 spiro atoms. The van der Waals surface area contributed by atoms with E-state index in [4.69, 9.17) is 42.2 Å². The Morgan fingerprint density at radius 2 is 1.87 bits per heavy atom. The maximum atomic E-state index is 11.4. The van der Waals surface area contributed by atoms with Crippen molar-refractivity contribution in [3.63, 3.8) is 0 Å².